The van der Waals surface area contributed by atoms with E-state index in [-0.39, 0.29) is 12.1 Å². The molecule has 3 N–H and O–H groups in total. The number of likely N-dealkylation sites (tertiary alicyclic amines) is 1. The summed E-state index contributed by atoms with van der Waals surface area (Å²) in [5, 5.41) is 16.2. The molecule has 33 heavy (non-hydrogen) atoms. The van der Waals surface area contributed by atoms with Crippen molar-refractivity contribution in [3.63, 3.8) is 0 Å². The maximum absolute atomic E-state index is 11.6. The van der Waals surface area contributed by atoms with E-state index >= 15 is 0 Å². The summed E-state index contributed by atoms with van der Waals surface area (Å²) in [5.74, 6) is 2.87. The molecule has 1 aromatic heterocycles. The average molecular weight is 448 g/mol. The Bertz CT molecular complexity index is 1050. The number of carbonyl (C=O) groups is 1. The zero-order chi connectivity index (χ0) is 23.0. The predicted octanol–water partition coefficient (Wildman–Crippen LogP) is 5.74. The number of unbranched alkanes of at least 4 members (excludes halogenated alkanes) is 1. The van der Waals surface area contributed by atoms with Crippen molar-refractivity contribution >= 4 is 23.4 Å². The molecule has 3 aromatic rings. The van der Waals surface area contributed by atoms with E-state index in [0.29, 0.717) is 18.2 Å². The number of anilines is 3. The Kier molecular flexibility index (Phi) is 7.24. The highest BCUT2D eigenvalue weighted by atomic mass is 16.5. The smallest absolute Gasteiger partial charge is 0.407 e. The first-order valence-corrected chi connectivity index (χ1v) is 11.3. The third-order valence-corrected chi connectivity index (χ3v) is 5.75. The van der Waals surface area contributed by atoms with Gasteiger partial charge in [-0.25, -0.2) is 14.8 Å². The summed E-state index contributed by atoms with van der Waals surface area (Å²) in [6.45, 7) is 2.65. The highest BCUT2D eigenvalue weighted by Crippen LogP contribution is 2.27. The van der Waals surface area contributed by atoms with E-state index in [9.17, 15) is 9.90 Å². The molecule has 1 saturated heterocycles. The fraction of sp³-hybridized carbons (Fsp3) is 0.320. The molecule has 2 heterocycles. The van der Waals surface area contributed by atoms with Gasteiger partial charge in [-0.3, -0.25) is 0 Å². The highest BCUT2D eigenvalue weighted by molar-refractivity contribution is 5.66. The monoisotopic (exact) mass is 447 g/mol. The molecule has 0 bridgehead atoms. The van der Waals surface area contributed by atoms with Crippen LogP contribution in [0.4, 0.5) is 22.1 Å². The lowest BCUT2D eigenvalue weighted by Crippen LogP contribution is -2.41. The number of hydrogen-bond acceptors (Lipinski definition) is 6. The predicted molar refractivity (Wildman–Crippen MR) is 128 cm³/mol. The van der Waals surface area contributed by atoms with Crippen LogP contribution in [0.3, 0.4) is 0 Å². The number of nitrogens with zero attached hydrogens (tertiary/aromatic N) is 3. The van der Waals surface area contributed by atoms with Crippen LogP contribution in [0.5, 0.6) is 11.5 Å². The Balaban J connectivity index is 1.39. The average Bonchev–Trinajstić information content (AvgIpc) is 3.22. The molecule has 4 rings (SSSR count). The van der Waals surface area contributed by atoms with E-state index in [4.69, 9.17) is 4.74 Å². The van der Waals surface area contributed by atoms with Crippen LogP contribution in [0.1, 0.15) is 32.6 Å². The van der Waals surface area contributed by atoms with Crippen LogP contribution in [-0.4, -0.2) is 44.7 Å². The number of amides is 1. The van der Waals surface area contributed by atoms with E-state index in [0.717, 1.165) is 42.9 Å². The van der Waals surface area contributed by atoms with Crippen LogP contribution < -0.4 is 15.4 Å². The zero-order valence-corrected chi connectivity index (χ0v) is 18.6. The molecular formula is C25H29N5O3. The number of ether oxygens (including phenoxy) is 1. The van der Waals surface area contributed by atoms with Gasteiger partial charge in [0.25, 0.3) is 0 Å². The fourth-order valence-corrected chi connectivity index (χ4v) is 4.10. The van der Waals surface area contributed by atoms with Crippen LogP contribution >= 0.6 is 0 Å². The van der Waals surface area contributed by atoms with E-state index in [1.165, 1.54) is 6.33 Å². The molecule has 1 fully saturated rings. The molecule has 2 aromatic carbocycles. The zero-order valence-electron chi connectivity index (χ0n) is 18.6. The fourth-order valence-electron chi connectivity index (χ4n) is 4.10. The van der Waals surface area contributed by atoms with Gasteiger partial charge in [0.05, 0.1) is 6.04 Å². The van der Waals surface area contributed by atoms with Crippen LogP contribution in [-0.2, 0) is 0 Å². The van der Waals surface area contributed by atoms with Crippen LogP contribution in [0.15, 0.2) is 67.0 Å². The van der Waals surface area contributed by atoms with Gasteiger partial charge in [-0.2, -0.15) is 0 Å². The first-order chi connectivity index (χ1) is 16.1. The first kappa shape index (κ1) is 22.4. The van der Waals surface area contributed by atoms with Gasteiger partial charge < -0.3 is 25.4 Å². The largest absolute Gasteiger partial charge is 0.465 e. The van der Waals surface area contributed by atoms with Crippen molar-refractivity contribution < 1.29 is 14.6 Å². The summed E-state index contributed by atoms with van der Waals surface area (Å²) in [6.07, 6.45) is 4.28. The van der Waals surface area contributed by atoms with Gasteiger partial charge in [-0.15, -0.1) is 0 Å². The van der Waals surface area contributed by atoms with E-state index < -0.39 is 6.09 Å². The third-order valence-electron chi connectivity index (χ3n) is 5.75. The second kappa shape index (κ2) is 10.7. The van der Waals surface area contributed by atoms with Gasteiger partial charge in [0.15, 0.2) is 0 Å². The Morgan fingerprint density at radius 3 is 2.55 bits per heavy atom. The van der Waals surface area contributed by atoms with Crippen LogP contribution in [0, 0.1) is 0 Å². The molecule has 0 spiro atoms. The van der Waals surface area contributed by atoms with Crippen molar-refractivity contribution in [3.8, 4) is 11.5 Å². The van der Waals surface area contributed by atoms with Gasteiger partial charge in [0.1, 0.15) is 29.5 Å². The lowest BCUT2D eigenvalue weighted by Gasteiger charge is -2.27. The number of nitrogens with one attached hydrogen (secondary N) is 2. The van der Waals surface area contributed by atoms with E-state index in [1.54, 1.807) is 4.90 Å². The van der Waals surface area contributed by atoms with Gasteiger partial charge in [-0.1, -0.05) is 38.0 Å². The minimum Gasteiger partial charge on any atom is -0.465 e. The van der Waals surface area contributed by atoms with Gasteiger partial charge in [0, 0.05) is 24.3 Å². The lowest BCUT2D eigenvalue weighted by atomic mass is 10.0. The van der Waals surface area contributed by atoms with Gasteiger partial charge in [0.2, 0.25) is 0 Å². The third kappa shape index (κ3) is 5.91. The lowest BCUT2D eigenvalue weighted by molar-refractivity contribution is 0.136. The van der Waals surface area contributed by atoms with Gasteiger partial charge >= 0.3 is 6.09 Å². The van der Waals surface area contributed by atoms with Crippen LogP contribution in [0.25, 0.3) is 0 Å². The minimum absolute atomic E-state index is 0.0322. The number of benzene rings is 2. The first-order valence-electron chi connectivity index (χ1n) is 11.3. The summed E-state index contributed by atoms with van der Waals surface area (Å²) in [4.78, 5) is 21.8. The summed E-state index contributed by atoms with van der Waals surface area (Å²) in [6, 6.07) is 19.1. The van der Waals surface area contributed by atoms with E-state index in [1.807, 2.05) is 60.7 Å². The van der Waals surface area contributed by atoms with Crippen molar-refractivity contribution in [1.29, 1.82) is 0 Å². The van der Waals surface area contributed by atoms with Crippen molar-refractivity contribution in [2.45, 2.75) is 44.7 Å². The maximum atomic E-state index is 11.6. The summed E-state index contributed by atoms with van der Waals surface area (Å²) < 4.78 is 5.83. The second-order valence-electron chi connectivity index (χ2n) is 8.08. The Hall–Kier alpha value is -3.81. The Morgan fingerprint density at radius 1 is 1.09 bits per heavy atom. The molecule has 1 aliphatic heterocycles. The van der Waals surface area contributed by atoms with E-state index in [2.05, 4.69) is 27.5 Å². The molecule has 0 radical (unpaired) electrons. The van der Waals surface area contributed by atoms with Crippen molar-refractivity contribution in [3.05, 3.63) is 67.0 Å². The van der Waals surface area contributed by atoms with Crippen molar-refractivity contribution in [1.82, 2.24) is 14.9 Å². The molecule has 2 atom stereocenters. The quantitative estimate of drug-likeness (QED) is 0.385. The Morgan fingerprint density at radius 2 is 1.82 bits per heavy atom. The molecule has 1 aliphatic rings. The molecule has 1 amide bonds. The van der Waals surface area contributed by atoms with Crippen molar-refractivity contribution in [2.75, 3.05) is 17.2 Å². The molecule has 8 heteroatoms. The van der Waals surface area contributed by atoms with Crippen LogP contribution in [0.2, 0.25) is 0 Å². The number of rotatable bonds is 9. The second-order valence-corrected chi connectivity index (χ2v) is 8.08. The SMILES string of the molecule is CCCCC1C(Nc2cc(Nc3ccc(Oc4ccccc4)cc3)ncn2)CCN1C(=O)O. The molecule has 172 valence electrons. The highest BCUT2D eigenvalue weighted by Gasteiger charge is 2.36. The molecule has 2 unspecified atom stereocenters. The molecule has 0 saturated carbocycles. The number of aromatic nitrogens is 2. The number of hydrogen-bond donors (Lipinski definition) is 3. The Labute approximate surface area is 193 Å². The summed E-state index contributed by atoms with van der Waals surface area (Å²) >= 11 is 0. The maximum Gasteiger partial charge on any atom is 0.407 e. The molecular weight excluding hydrogens is 418 g/mol. The number of carboxylic acid groups (broad SMARTS) is 1. The molecule has 0 aliphatic carbocycles. The standard InChI is InChI=1S/C25H29N5O3/c1-2-3-9-22-21(14-15-30(22)25(31)32)29-24-16-23(26-17-27-24)28-18-10-12-20(13-11-18)33-19-7-5-4-6-8-19/h4-8,10-13,16-17,21-22H,2-3,9,14-15H2,1H3,(H,31,32)(H2,26,27,28,29). The number of para-hydroxylation sites is 1. The normalized spacial score (nSPS) is 17.5. The molecule has 8 nitrogen and oxygen atoms in total. The van der Waals surface area contributed by atoms with Gasteiger partial charge in [-0.05, 0) is 49.2 Å². The summed E-state index contributed by atoms with van der Waals surface area (Å²) in [5.41, 5.74) is 0.874. The minimum atomic E-state index is -0.856. The topological polar surface area (TPSA) is 99.6 Å². The van der Waals surface area contributed by atoms with Crippen molar-refractivity contribution in [2.24, 2.45) is 0 Å². The summed E-state index contributed by atoms with van der Waals surface area (Å²) in [7, 11) is 0.